The minimum absolute atomic E-state index is 0.0652. The van der Waals surface area contributed by atoms with Crippen molar-refractivity contribution in [3.05, 3.63) is 41.0 Å². The maximum absolute atomic E-state index is 12.0. The normalized spacial score (nSPS) is 12.8. The number of para-hydroxylation sites is 1. The molecule has 1 atom stereocenters. The van der Waals surface area contributed by atoms with Crippen molar-refractivity contribution in [2.45, 2.75) is 12.7 Å². The molecule has 96 valence electrons. The highest BCUT2D eigenvalue weighted by atomic mass is 32.2. The fourth-order valence-electron chi connectivity index (χ4n) is 1.77. The van der Waals surface area contributed by atoms with Crippen LogP contribution in [-0.2, 0) is 16.6 Å². The molecule has 0 spiro atoms. The third-order valence-electron chi connectivity index (χ3n) is 2.69. The Labute approximate surface area is 107 Å². The molecule has 5 nitrogen and oxygen atoms in total. The summed E-state index contributed by atoms with van der Waals surface area (Å²) in [7, 11) is -1.27. The molecular weight excluding hydrogens is 252 g/mol. The van der Waals surface area contributed by atoms with Crippen LogP contribution in [0.25, 0.3) is 10.9 Å². The number of hydrogen-bond acceptors (Lipinski definition) is 4. The summed E-state index contributed by atoms with van der Waals surface area (Å²) in [6, 6.07) is 7.35. The van der Waals surface area contributed by atoms with Gasteiger partial charge in [0.1, 0.15) is 11.4 Å². The number of nitrogens with zero attached hydrogens (tertiary/aromatic N) is 2. The summed E-state index contributed by atoms with van der Waals surface area (Å²) in [5.74, 6) is 0.460. The summed E-state index contributed by atoms with van der Waals surface area (Å²) in [4.78, 5) is 4.23. The van der Waals surface area contributed by atoms with E-state index in [9.17, 15) is 9.42 Å². The molecule has 6 heteroatoms. The van der Waals surface area contributed by atoms with Gasteiger partial charge in [-0.25, -0.2) is 4.73 Å². The van der Waals surface area contributed by atoms with E-state index < -0.39 is 10.8 Å². The summed E-state index contributed by atoms with van der Waals surface area (Å²) in [5.41, 5.74) is 1.27. The molecule has 1 heterocycles. The van der Waals surface area contributed by atoms with Crippen molar-refractivity contribution < 1.29 is 14.0 Å². The van der Waals surface area contributed by atoms with E-state index in [0.29, 0.717) is 5.69 Å². The second kappa shape index (κ2) is 5.41. The summed E-state index contributed by atoms with van der Waals surface area (Å²) in [6.07, 6.45) is 0. The Morgan fingerprint density at radius 1 is 1.44 bits per heavy atom. The van der Waals surface area contributed by atoms with E-state index in [-0.39, 0.29) is 23.9 Å². The van der Waals surface area contributed by atoms with Gasteiger partial charge in [0.25, 0.3) is 0 Å². The van der Waals surface area contributed by atoms with Crippen LogP contribution in [0.2, 0.25) is 0 Å². The molecule has 1 unspecified atom stereocenters. The molecule has 0 radical (unpaired) electrons. The van der Waals surface area contributed by atoms with Crippen LogP contribution in [0.15, 0.2) is 24.3 Å². The molecule has 0 aliphatic carbocycles. The lowest BCUT2D eigenvalue weighted by molar-refractivity contribution is -0.621. The average molecular weight is 266 g/mol. The largest absolute Gasteiger partial charge is 0.711 e. The Morgan fingerprint density at radius 3 is 2.89 bits per heavy atom. The predicted octanol–water partition coefficient (Wildman–Crippen LogP) is 0.418. The van der Waals surface area contributed by atoms with Crippen molar-refractivity contribution in [2.75, 3.05) is 12.4 Å². The van der Waals surface area contributed by atoms with E-state index in [1.54, 1.807) is 6.92 Å². The molecule has 2 aromatic rings. The summed E-state index contributed by atoms with van der Waals surface area (Å²) in [6.45, 7) is 1.56. The zero-order valence-electron chi connectivity index (χ0n) is 10.00. The molecule has 18 heavy (non-hydrogen) atoms. The van der Waals surface area contributed by atoms with Crippen molar-refractivity contribution in [3.63, 3.8) is 0 Å². The van der Waals surface area contributed by atoms with Crippen LogP contribution in [0, 0.1) is 12.1 Å². The predicted molar refractivity (Wildman–Crippen MR) is 69.2 cm³/mol. The summed E-state index contributed by atoms with van der Waals surface area (Å²) >= 11 is 0. The first kappa shape index (κ1) is 12.9. The van der Waals surface area contributed by atoms with E-state index in [2.05, 4.69) is 4.98 Å². The van der Waals surface area contributed by atoms with Crippen molar-refractivity contribution in [3.8, 4) is 0 Å². The van der Waals surface area contributed by atoms with Gasteiger partial charge in [0.2, 0.25) is 0 Å². The lowest BCUT2D eigenvalue weighted by Crippen LogP contribution is -2.37. The zero-order chi connectivity index (χ0) is 13.1. The number of aliphatic hydroxyl groups is 1. The van der Waals surface area contributed by atoms with Crippen LogP contribution in [0.1, 0.15) is 11.5 Å². The van der Waals surface area contributed by atoms with E-state index in [4.69, 9.17) is 5.11 Å². The SMILES string of the molecule is Cc1c2ccccc2nc(CS(=O)CCO)[n+]1[O-]. The number of benzene rings is 1. The lowest BCUT2D eigenvalue weighted by atomic mass is 10.2. The number of rotatable bonds is 4. The first-order chi connectivity index (χ1) is 8.63. The average Bonchev–Trinajstić information content (AvgIpc) is 2.36. The Balaban J connectivity index is 2.45. The summed E-state index contributed by atoms with van der Waals surface area (Å²) in [5, 5.41) is 21.5. The van der Waals surface area contributed by atoms with Crippen LogP contribution in [0.5, 0.6) is 0 Å². The Morgan fingerprint density at radius 2 is 2.17 bits per heavy atom. The Bertz CT molecular complexity index is 601. The van der Waals surface area contributed by atoms with Crippen LogP contribution in [0.4, 0.5) is 0 Å². The second-order valence-corrected chi connectivity index (χ2v) is 5.51. The van der Waals surface area contributed by atoms with Gasteiger partial charge in [-0.1, -0.05) is 12.1 Å². The Kier molecular flexibility index (Phi) is 3.88. The van der Waals surface area contributed by atoms with Crippen LogP contribution < -0.4 is 4.73 Å². The molecule has 0 fully saturated rings. The van der Waals surface area contributed by atoms with Crippen molar-refractivity contribution in [1.29, 1.82) is 0 Å². The van der Waals surface area contributed by atoms with Gasteiger partial charge in [-0.05, 0) is 24.0 Å². The number of aliphatic hydroxyl groups excluding tert-OH is 1. The molecule has 1 aromatic heterocycles. The van der Waals surface area contributed by atoms with Crippen LogP contribution in [-0.4, -0.2) is 26.7 Å². The number of aryl methyl sites for hydroxylation is 1. The first-order valence-corrected chi connectivity index (χ1v) is 7.06. The zero-order valence-corrected chi connectivity index (χ0v) is 10.8. The van der Waals surface area contributed by atoms with Gasteiger partial charge >= 0.3 is 5.82 Å². The molecule has 0 aliphatic heterocycles. The number of hydrogen-bond donors (Lipinski definition) is 1. The molecule has 0 saturated carbocycles. The standard InChI is InChI=1S/C12H14N2O3S/c1-9-10-4-2-3-5-11(10)13-12(14(9)16)8-18(17)7-6-15/h2-5,15H,6-8H2,1H3. The molecular formula is C12H14N2O3S. The van der Waals surface area contributed by atoms with Crippen molar-refractivity contribution in [2.24, 2.45) is 0 Å². The van der Waals surface area contributed by atoms with Gasteiger partial charge in [0, 0.05) is 16.6 Å². The Hall–Kier alpha value is -1.53. The highest BCUT2D eigenvalue weighted by molar-refractivity contribution is 7.84. The van der Waals surface area contributed by atoms with Crippen LogP contribution in [0.3, 0.4) is 0 Å². The van der Waals surface area contributed by atoms with E-state index in [0.717, 1.165) is 15.6 Å². The second-order valence-electron chi connectivity index (χ2n) is 3.94. The lowest BCUT2D eigenvalue weighted by Gasteiger charge is -2.10. The smallest absolute Gasteiger partial charge is 0.314 e. The molecule has 1 aromatic carbocycles. The number of fused-ring (bicyclic) bond motifs is 1. The monoisotopic (exact) mass is 266 g/mol. The minimum Gasteiger partial charge on any atom is -0.711 e. The summed E-state index contributed by atoms with van der Waals surface area (Å²) < 4.78 is 12.3. The molecule has 0 saturated heterocycles. The minimum atomic E-state index is -1.27. The quantitative estimate of drug-likeness (QED) is 0.642. The maximum atomic E-state index is 12.0. The fourth-order valence-corrected chi connectivity index (χ4v) is 2.59. The van der Waals surface area contributed by atoms with Gasteiger partial charge in [-0.2, -0.15) is 0 Å². The fraction of sp³-hybridized carbons (Fsp3) is 0.333. The van der Waals surface area contributed by atoms with Crippen LogP contribution >= 0.6 is 0 Å². The van der Waals surface area contributed by atoms with E-state index >= 15 is 0 Å². The van der Waals surface area contributed by atoms with Gasteiger partial charge in [-0.15, -0.1) is 0 Å². The third kappa shape index (κ3) is 2.49. The van der Waals surface area contributed by atoms with Gasteiger partial charge < -0.3 is 10.3 Å². The maximum Gasteiger partial charge on any atom is 0.314 e. The first-order valence-electron chi connectivity index (χ1n) is 5.57. The van der Waals surface area contributed by atoms with E-state index in [1.807, 2.05) is 24.3 Å². The van der Waals surface area contributed by atoms with Crippen molar-refractivity contribution >= 4 is 21.7 Å². The van der Waals surface area contributed by atoms with Crippen molar-refractivity contribution in [1.82, 2.24) is 4.98 Å². The van der Waals surface area contributed by atoms with E-state index in [1.165, 1.54) is 0 Å². The van der Waals surface area contributed by atoms with Gasteiger partial charge in [-0.3, -0.25) is 4.21 Å². The molecule has 2 rings (SSSR count). The number of aromatic nitrogens is 2. The molecule has 0 amide bonds. The highest BCUT2D eigenvalue weighted by Crippen LogP contribution is 2.13. The third-order valence-corrected chi connectivity index (χ3v) is 3.91. The van der Waals surface area contributed by atoms with Gasteiger partial charge in [0.05, 0.1) is 12.0 Å². The highest BCUT2D eigenvalue weighted by Gasteiger charge is 2.17. The van der Waals surface area contributed by atoms with Gasteiger partial charge in [0.15, 0.2) is 5.52 Å². The topological polar surface area (TPSA) is 77.1 Å². The molecule has 0 aliphatic rings. The molecule has 1 N–H and O–H groups in total. The molecule has 0 bridgehead atoms.